The van der Waals surface area contributed by atoms with Crippen LogP contribution in [0, 0.1) is 5.82 Å². The number of aromatic nitrogens is 2. The van der Waals surface area contributed by atoms with Gasteiger partial charge in [-0.25, -0.2) is 14.4 Å². The highest BCUT2D eigenvalue weighted by molar-refractivity contribution is 6.78. The van der Waals surface area contributed by atoms with Crippen LogP contribution in [0.25, 0.3) is 10.9 Å². The predicted molar refractivity (Wildman–Crippen MR) is 129 cm³/mol. The summed E-state index contributed by atoms with van der Waals surface area (Å²) in [5.41, 5.74) is 5.31. The van der Waals surface area contributed by atoms with Gasteiger partial charge in [0, 0.05) is 17.6 Å². The maximum absolute atomic E-state index is 14.4. The van der Waals surface area contributed by atoms with E-state index in [0.29, 0.717) is 44.8 Å². The molecule has 0 bridgehead atoms. The molecule has 0 fully saturated rings. The van der Waals surface area contributed by atoms with Gasteiger partial charge in [0.2, 0.25) is 0 Å². The van der Waals surface area contributed by atoms with Crippen molar-refractivity contribution in [3.8, 4) is 5.75 Å². The van der Waals surface area contributed by atoms with E-state index in [-0.39, 0.29) is 5.82 Å². The number of pyridine rings is 2. The number of benzene rings is 1. The molecule has 0 aliphatic rings. The minimum atomic E-state index is -2.26. The molecule has 1 N–H and O–H groups in total. The molecule has 0 atom stereocenters. The number of anilines is 1. The van der Waals surface area contributed by atoms with Crippen LogP contribution in [0.5, 0.6) is 5.75 Å². The first kappa shape index (κ1) is 22.9. The number of nitrogens with one attached hydrogen (secondary N) is 1. The van der Waals surface area contributed by atoms with E-state index in [9.17, 15) is 4.39 Å². The predicted octanol–water partition coefficient (Wildman–Crippen LogP) is 6.77. The van der Waals surface area contributed by atoms with E-state index in [1.165, 1.54) is 12.1 Å². The van der Waals surface area contributed by atoms with Crippen molar-refractivity contribution in [3.05, 3.63) is 60.2 Å². The summed E-state index contributed by atoms with van der Waals surface area (Å²) in [7, 11) is -2.26. The fraction of sp³-hybridized carbons (Fsp3) is 0.375. The number of hydrogen-bond donors (Lipinski definition) is 1. The number of fused-ring (bicyclic) bond motifs is 1. The van der Waals surface area contributed by atoms with Crippen LogP contribution < -0.4 is 9.85 Å². The molecule has 164 valence electrons. The molecule has 2 heterocycles. The SMILES string of the molecule is CC(C)[Si](Oc1cc(F)cc2ccc(/C=N/Nc3ccccn3)nc12)(C(C)C)C(C)C. The molecule has 1 aromatic carbocycles. The zero-order chi connectivity index (χ0) is 22.6. The maximum Gasteiger partial charge on any atom is 0.258 e. The molecule has 0 aliphatic heterocycles. The van der Waals surface area contributed by atoms with Crippen molar-refractivity contribution >= 4 is 31.3 Å². The number of nitrogens with zero attached hydrogens (tertiary/aromatic N) is 3. The summed E-state index contributed by atoms with van der Waals surface area (Å²) in [4.78, 5) is 8.90. The van der Waals surface area contributed by atoms with E-state index in [1.807, 2.05) is 30.3 Å². The average molecular weight is 439 g/mol. The molecule has 0 saturated carbocycles. The summed E-state index contributed by atoms with van der Waals surface area (Å²) in [5.74, 6) is 0.847. The zero-order valence-electron chi connectivity index (χ0n) is 19.1. The summed E-state index contributed by atoms with van der Waals surface area (Å²) >= 11 is 0. The Bertz CT molecular complexity index is 1030. The van der Waals surface area contributed by atoms with Crippen molar-refractivity contribution in [2.24, 2.45) is 5.10 Å². The van der Waals surface area contributed by atoms with E-state index in [2.05, 4.69) is 57.1 Å². The molecular weight excluding hydrogens is 407 g/mol. The second-order valence-electron chi connectivity index (χ2n) is 8.72. The van der Waals surface area contributed by atoms with Gasteiger partial charge in [0.1, 0.15) is 22.9 Å². The lowest BCUT2D eigenvalue weighted by Gasteiger charge is -2.42. The van der Waals surface area contributed by atoms with Crippen molar-refractivity contribution in [3.63, 3.8) is 0 Å². The Morgan fingerprint density at radius 3 is 2.32 bits per heavy atom. The quantitative estimate of drug-likeness (QED) is 0.239. The van der Waals surface area contributed by atoms with Crippen LogP contribution in [0.3, 0.4) is 0 Å². The van der Waals surface area contributed by atoms with Crippen LogP contribution >= 0.6 is 0 Å². The molecular formula is C24H31FN4OSi. The zero-order valence-corrected chi connectivity index (χ0v) is 20.1. The third-order valence-electron chi connectivity index (χ3n) is 5.78. The third kappa shape index (κ3) is 4.93. The summed E-state index contributed by atoms with van der Waals surface area (Å²) in [6, 6.07) is 12.2. The van der Waals surface area contributed by atoms with E-state index < -0.39 is 8.32 Å². The summed E-state index contributed by atoms with van der Waals surface area (Å²) < 4.78 is 21.2. The first-order valence-corrected chi connectivity index (χ1v) is 12.9. The van der Waals surface area contributed by atoms with Crippen molar-refractivity contribution in [2.45, 2.75) is 58.2 Å². The molecule has 0 amide bonds. The summed E-state index contributed by atoms with van der Waals surface area (Å²) in [5, 5.41) is 4.93. The van der Waals surface area contributed by atoms with Crippen LogP contribution in [0.4, 0.5) is 10.2 Å². The van der Waals surface area contributed by atoms with Crippen LogP contribution in [-0.4, -0.2) is 24.5 Å². The van der Waals surface area contributed by atoms with Gasteiger partial charge in [-0.15, -0.1) is 0 Å². The number of rotatable bonds is 8. The lowest BCUT2D eigenvalue weighted by Crippen LogP contribution is -2.50. The van der Waals surface area contributed by atoms with Gasteiger partial charge in [-0.3, -0.25) is 5.43 Å². The fourth-order valence-corrected chi connectivity index (χ4v) is 9.71. The lowest BCUT2D eigenvalue weighted by atomic mass is 10.2. The standard InChI is InChI=1S/C24H31FN4OSi/c1-16(2)31(17(3)4,18(5)6)30-22-14-20(25)13-19-10-11-21(28-24(19)22)15-27-29-23-9-7-8-12-26-23/h7-18H,1-6H3,(H,26,29)/b27-15+. The first-order valence-electron chi connectivity index (χ1n) is 10.7. The maximum atomic E-state index is 14.4. The highest BCUT2D eigenvalue weighted by atomic mass is 28.4. The lowest BCUT2D eigenvalue weighted by molar-refractivity contribution is 0.479. The van der Waals surface area contributed by atoms with Gasteiger partial charge in [0.25, 0.3) is 8.32 Å². The largest absolute Gasteiger partial charge is 0.541 e. The van der Waals surface area contributed by atoms with E-state index >= 15 is 0 Å². The van der Waals surface area contributed by atoms with Gasteiger partial charge in [0.05, 0.1) is 11.9 Å². The minimum Gasteiger partial charge on any atom is -0.541 e. The molecule has 3 rings (SSSR count). The van der Waals surface area contributed by atoms with Crippen LogP contribution in [-0.2, 0) is 0 Å². The van der Waals surface area contributed by atoms with Crippen molar-refractivity contribution in [1.82, 2.24) is 9.97 Å². The van der Waals surface area contributed by atoms with Crippen LogP contribution in [0.2, 0.25) is 16.6 Å². The number of hydrogen-bond acceptors (Lipinski definition) is 5. The number of hydrazone groups is 1. The van der Waals surface area contributed by atoms with Gasteiger partial charge >= 0.3 is 0 Å². The summed E-state index contributed by atoms with van der Waals surface area (Å²) in [6.07, 6.45) is 3.32. The minimum absolute atomic E-state index is 0.318. The molecule has 0 spiro atoms. The third-order valence-corrected chi connectivity index (χ3v) is 11.8. The summed E-state index contributed by atoms with van der Waals surface area (Å²) in [6.45, 7) is 13.3. The second-order valence-corrected chi connectivity index (χ2v) is 14.1. The van der Waals surface area contributed by atoms with Crippen LogP contribution in [0.1, 0.15) is 47.2 Å². The second kappa shape index (κ2) is 9.56. The van der Waals surface area contributed by atoms with Crippen LogP contribution in [0.15, 0.2) is 53.8 Å². The monoisotopic (exact) mass is 438 g/mol. The van der Waals surface area contributed by atoms with Gasteiger partial charge in [-0.2, -0.15) is 5.10 Å². The Morgan fingerprint density at radius 2 is 1.71 bits per heavy atom. The highest BCUT2D eigenvalue weighted by Crippen LogP contribution is 2.44. The highest BCUT2D eigenvalue weighted by Gasteiger charge is 2.47. The Morgan fingerprint density at radius 1 is 1.00 bits per heavy atom. The van der Waals surface area contributed by atoms with Gasteiger partial charge in [-0.05, 0) is 40.9 Å². The van der Waals surface area contributed by atoms with E-state index in [4.69, 9.17) is 9.41 Å². The van der Waals surface area contributed by atoms with E-state index in [1.54, 1.807) is 12.4 Å². The molecule has 0 unspecified atom stereocenters. The molecule has 0 saturated heterocycles. The average Bonchev–Trinajstić information content (AvgIpc) is 2.72. The van der Waals surface area contributed by atoms with Gasteiger partial charge in [-0.1, -0.05) is 53.7 Å². The molecule has 5 nitrogen and oxygen atoms in total. The van der Waals surface area contributed by atoms with Crippen molar-refractivity contribution in [2.75, 3.05) is 5.43 Å². The topological polar surface area (TPSA) is 59.4 Å². The van der Waals surface area contributed by atoms with Crippen molar-refractivity contribution < 1.29 is 8.82 Å². The Labute approximate surface area is 184 Å². The number of halogens is 1. The normalized spacial score (nSPS) is 12.5. The van der Waals surface area contributed by atoms with Gasteiger partial charge < -0.3 is 4.43 Å². The van der Waals surface area contributed by atoms with Crippen molar-refractivity contribution in [1.29, 1.82) is 0 Å². The van der Waals surface area contributed by atoms with E-state index in [0.717, 1.165) is 0 Å². The molecule has 3 aromatic rings. The Hall–Kier alpha value is -2.80. The Kier molecular flexibility index (Phi) is 7.05. The molecule has 0 radical (unpaired) electrons. The smallest absolute Gasteiger partial charge is 0.258 e. The molecule has 0 aliphatic carbocycles. The molecule has 31 heavy (non-hydrogen) atoms. The fourth-order valence-electron chi connectivity index (χ4n) is 4.47. The van der Waals surface area contributed by atoms with Gasteiger partial charge in [0.15, 0.2) is 0 Å². The molecule has 2 aromatic heterocycles. The first-order chi connectivity index (χ1) is 14.7. The Balaban J connectivity index is 2.00. The molecule has 7 heteroatoms.